The first kappa shape index (κ1) is 99.5. The summed E-state index contributed by atoms with van der Waals surface area (Å²) in [7, 11) is -9.99. The zero-order valence-corrected chi connectivity index (χ0v) is 67.2. The number of phosphoric acid groups is 2. The van der Waals surface area contributed by atoms with Gasteiger partial charge < -0.3 is 33.8 Å². The fourth-order valence-electron chi connectivity index (χ4n) is 10.7. The van der Waals surface area contributed by atoms with Gasteiger partial charge in [0.25, 0.3) is 0 Å². The van der Waals surface area contributed by atoms with Crippen LogP contribution in [-0.2, 0) is 65.4 Å². The highest BCUT2D eigenvalue weighted by Crippen LogP contribution is 2.45. The Hall–Kier alpha value is -4.54. The third kappa shape index (κ3) is 75.7. The molecule has 0 spiro atoms. The Labute approximate surface area is 632 Å². The van der Waals surface area contributed by atoms with E-state index in [1.165, 1.54) is 109 Å². The number of phosphoric ester groups is 2. The second kappa shape index (κ2) is 76.6. The summed E-state index contributed by atoms with van der Waals surface area (Å²) < 4.78 is 68.6. The SMILES string of the molecule is CC/C=C\C/C=C\C/C=C\C/C=C\C/C=C\C/C=C\CCC(=O)O[C@H](COC(=O)CCCCCCC/C=C\C/C=C\CCCCC)COP(=O)(O)OC[C@@H](O)COP(=O)(O)OC[C@@H](COC(=O)CCCCCCCCCCCCCCCCC)OC(=O)CCCCCCC/C=C\C/C=C\CCCCC. The molecule has 104 heavy (non-hydrogen) atoms. The molecule has 0 aromatic rings. The topological polar surface area (TPSA) is 237 Å². The normalized spacial score (nSPS) is 14.5. The molecule has 3 N–H and O–H groups in total. The van der Waals surface area contributed by atoms with Crippen molar-refractivity contribution < 1.29 is 80.2 Å². The molecular formula is C85H146O17P2. The maximum absolute atomic E-state index is 13.1. The lowest BCUT2D eigenvalue weighted by Crippen LogP contribution is -2.30. The zero-order chi connectivity index (χ0) is 76.0. The molecule has 0 fully saturated rings. The van der Waals surface area contributed by atoms with Gasteiger partial charge >= 0.3 is 39.5 Å². The molecule has 19 heteroatoms. The van der Waals surface area contributed by atoms with E-state index in [1.54, 1.807) is 0 Å². The van der Waals surface area contributed by atoms with Crippen molar-refractivity contribution in [1.82, 2.24) is 0 Å². The number of ether oxygens (including phenoxy) is 4. The zero-order valence-electron chi connectivity index (χ0n) is 65.4. The van der Waals surface area contributed by atoms with Gasteiger partial charge in [-0.3, -0.25) is 37.3 Å². The van der Waals surface area contributed by atoms with Gasteiger partial charge in [0.15, 0.2) is 12.2 Å². The molecule has 0 aliphatic carbocycles. The largest absolute Gasteiger partial charge is 0.472 e. The summed E-state index contributed by atoms with van der Waals surface area (Å²) in [5.41, 5.74) is 0. The van der Waals surface area contributed by atoms with Crippen molar-refractivity contribution in [3.8, 4) is 0 Å². The molecule has 0 amide bonds. The quantitative estimate of drug-likeness (QED) is 0.0169. The molecule has 5 atom stereocenters. The van der Waals surface area contributed by atoms with Crippen LogP contribution in [0, 0.1) is 0 Å². The molecule has 0 saturated heterocycles. The minimum atomic E-state index is -5.00. The van der Waals surface area contributed by atoms with E-state index in [2.05, 4.69) is 131 Å². The molecule has 598 valence electrons. The first-order chi connectivity index (χ1) is 50.7. The van der Waals surface area contributed by atoms with Crippen molar-refractivity contribution >= 4 is 39.5 Å². The predicted octanol–water partition coefficient (Wildman–Crippen LogP) is 23.9. The standard InChI is InChI=1S/C85H146O17P2/c1-5-9-13-17-21-25-29-33-37-38-39-40-44-48-52-56-60-64-68-72-85(90)102-81(76-96-83(88)70-66-62-58-54-50-46-42-35-31-27-23-19-15-11-7-3)78-100-104(93,94)98-74-79(86)73-97-103(91,92)99-77-80(101-84(89)71-67-63-59-55-51-47-43-36-32-28-24-20-16-12-8-4)75-95-82(87)69-65-61-57-53-49-45-41-34-30-26-22-18-14-10-6-2/h9,13,21,23-25,27-28,33,35-37,39-40,42-43,48,52,60,64,79-81,86H,5-8,10-12,14-20,22,26,29-32,34,38,41,44-47,49-51,53-59,61-63,65-78H2,1-4H3,(H,91,92)(H,93,94)/b13-9-,25-21-,27-23-,28-24-,37-33-,40-39-,42-35-,43-36-,52-48-,64-60-/t79-,80+,81+/m0/s1. The molecule has 0 aromatic heterocycles. The van der Waals surface area contributed by atoms with E-state index in [4.69, 9.17) is 37.0 Å². The van der Waals surface area contributed by atoms with Gasteiger partial charge in [0.1, 0.15) is 19.3 Å². The molecule has 0 saturated carbocycles. The Morgan fingerprint density at radius 2 is 0.519 bits per heavy atom. The second-order valence-electron chi connectivity index (χ2n) is 27.0. The van der Waals surface area contributed by atoms with Crippen molar-refractivity contribution in [3.63, 3.8) is 0 Å². The van der Waals surface area contributed by atoms with E-state index in [9.17, 15) is 43.2 Å². The van der Waals surface area contributed by atoms with Gasteiger partial charge in [-0.1, -0.05) is 303 Å². The minimum Gasteiger partial charge on any atom is -0.462 e. The molecule has 2 unspecified atom stereocenters. The first-order valence-electron chi connectivity index (χ1n) is 40.8. The highest BCUT2D eigenvalue weighted by molar-refractivity contribution is 7.47. The maximum atomic E-state index is 13.1. The van der Waals surface area contributed by atoms with Gasteiger partial charge in [-0.15, -0.1) is 0 Å². The molecule has 0 heterocycles. The smallest absolute Gasteiger partial charge is 0.462 e. The van der Waals surface area contributed by atoms with E-state index in [0.29, 0.717) is 32.1 Å². The molecule has 17 nitrogen and oxygen atoms in total. The van der Waals surface area contributed by atoms with E-state index in [-0.39, 0.29) is 25.7 Å². The van der Waals surface area contributed by atoms with E-state index < -0.39 is 97.5 Å². The molecule has 0 aliphatic heterocycles. The number of hydrogen-bond donors (Lipinski definition) is 3. The Balaban J connectivity index is 5.45. The number of carbonyl (C=O) groups is 4. The van der Waals surface area contributed by atoms with Gasteiger partial charge in [0.2, 0.25) is 0 Å². The summed E-state index contributed by atoms with van der Waals surface area (Å²) in [4.78, 5) is 73.0. The molecule has 0 rings (SSSR count). The van der Waals surface area contributed by atoms with Crippen LogP contribution in [-0.4, -0.2) is 96.7 Å². The molecule has 0 aromatic carbocycles. The number of aliphatic hydroxyl groups is 1. The Kier molecular flexibility index (Phi) is 73.3. The van der Waals surface area contributed by atoms with E-state index in [1.807, 2.05) is 18.2 Å². The number of esters is 4. The van der Waals surface area contributed by atoms with Crippen LogP contribution >= 0.6 is 15.6 Å². The minimum absolute atomic E-state index is 0.0354. The van der Waals surface area contributed by atoms with E-state index >= 15 is 0 Å². The fourth-order valence-corrected chi connectivity index (χ4v) is 12.3. The van der Waals surface area contributed by atoms with Crippen LogP contribution < -0.4 is 0 Å². The number of rotatable bonds is 76. The molecule has 0 aliphatic rings. The van der Waals surface area contributed by atoms with Crippen molar-refractivity contribution in [2.45, 2.75) is 354 Å². The van der Waals surface area contributed by atoms with Crippen molar-refractivity contribution in [1.29, 1.82) is 0 Å². The molecular weight excluding hydrogens is 1350 g/mol. The Bertz CT molecular complexity index is 2440. The summed E-state index contributed by atoms with van der Waals surface area (Å²) in [6.45, 7) is 4.63. The van der Waals surface area contributed by atoms with Crippen LogP contribution in [0.3, 0.4) is 0 Å². The number of hydrogen-bond acceptors (Lipinski definition) is 15. The highest BCUT2D eigenvalue weighted by Gasteiger charge is 2.30. The summed E-state index contributed by atoms with van der Waals surface area (Å²) in [6.07, 6.45) is 84.7. The third-order valence-electron chi connectivity index (χ3n) is 16.9. The van der Waals surface area contributed by atoms with Crippen LogP contribution in [0.4, 0.5) is 0 Å². The number of unbranched alkanes of at least 4 members (excludes halogenated alkanes) is 30. The Morgan fingerprint density at radius 3 is 0.846 bits per heavy atom. The van der Waals surface area contributed by atoms with Crippen LogP contribution in [0.1, 0.15) is 336 Å². The fraction of sp³-hybridized carbons (Fsp3) is 0.718. The molecule has 0 radical (unpaired) electrons. The second-order valence-corrected chi connectivity index (χ2v) is 29.9. The first-order valence-corrected chi connectivity index (χ1v) is 43.8. The van der Waals surface area contributed by atoms with Crippen molar-refractivity contribution in [2.75, 3.05) is 39.6 Å². The predicted molar refractivity (Wildman–Crippen MR) is 427 cm³/mol. The average molecular weight is 1500 g/mol. The summed E-state index contributed by atoms with van der Waals surface area (Å²) >= 11 is 0. The number of carbonyl (C=O) groups excluding carboxylic acids is 4. The van der Waals surface area contributed by atoms with Gasteiger partial charge in [0, 0.05) is 25.7 Å². The highest BCUT2D eigenvalue weighted by atomic mass is 31.2. The van der Waals surface area contributed by atoms with Gasteiger partial charge in [-0.25, -0.2) is 9.13 Å². The van der Waals surface area contributed by atoms with Crippen LogP contribution in [0.2, 0.25) is 0 Å². The lowest BCUT2D eigenvalue weighted by atomic mass is 10.0. The summed E-state index contributed by atoms with van der Waals surface area (Å²) in [5.74, 6) is -2.29. The van der Waals surface area contributed by atoms with Gasteiger partial charge in [-0.2, -0.15) is 0 Å². The molecule has 0 bridgehead atoms. The number of allylic oxidation sites excluding steroid dienone is 20. The van der Waals surface area contributed by atoms with Gasteiger partial charge in [0.05, 0.1) is 26.4 Å². The van der Waals surface area contributed by atoms with Gasteiger partial charge in [-0.05, 0) is 128 Å². The van der Waals surface area contributed by atoms with Crippen molar-refractivity contribution in [2.24, 2.45) is 0 Å². The van der Waals surface area contributed by atoms with Crippen LogP contribution in [0.15, 0.2) is 122 Å². The summed E-state index contributed by atoms with van der Waals surface area (Å²) in [6, 6.07) is 0. The maximum Gasteiger partial charge on any atom is 0.472 e. The van der Waals surface area contributed by atoms with E-state index in [0.717, 1.165) is 141 Å². The van der Waals surface area contributed by atoms with Crippen LogP contribution in [0.5, 0.6) is 0 Å². The third-order valence-corrected chi connectivity index (χ3v) is 18.8. The summed E-state index contributed by atoms with van der Waals surface area (Å²) in [5, 5.41) is 10.6. The van der Waals surface area contributed by atoms with Crippen molar-refractivity contribution in [3.05, 3.63) is 122 Å². The monoisotopic (exact) mass is 1500 g/mol. The average Bonchev–Trinajstić information content (AvgIpc) is 0.943. The lowest BCUT2D eigenvalue weighted by Gasteiger charge is -2.21. The number of aliphatic hydroxyl groups excluding tert-OH is 1. The lowest BCUT2D eigenvalue weighted by molar-refractivity contribution is -0.161. The Morgan fingerprint density at radius 1 is 0.279 bits per heavy atom. The van der Waals surface area contributed by atoms with Crippen LogP contribution in [0.25, 0.3) is 0 Å².